The Labute approximate surface area is 164 Å². The minimum absolute atomic E-state index is 0.222. The maximum absolute atomic E-state index is 12.3. The molecule has 1 heterocycles. The molecule has 2 aromatic carbocycles. The van der Waals surface area contributed by atoms with Gasteiger partial charge in [-0.2, -0.15) is 5.26 Å². The number of benzene rings is 2. The van der Waals surface area contributed by atoms with Gasteiger partial charge < -0.3 is 19.9 Å². The molecule has 1 saturated heterocycles. The second-order valence-electron chi connectivity index (χ2n) is 6.34. The van der Waals surface area contributed by atoms with E-state index < -0.39 is 0 Å². The number of carbonyl (C=O) groups excluding carboxylic acids is 2. The maximum atomic E-state index is 12.3. The molecule has 0 aliphatic carbocycles. The smallest absolute Gasteiger partial charge is 0.409 e. The van der Waals surface area contributed by atoms with Crippen LogP contribution >= 0.6 is 0 Å². The summed E-state index contributed by atoms with van der Waals surface area (Å²) in [5.74, 6) is -0.222. The summed E-state index contributed by atoms with van der Waals surface area (Å²) in [5, 5.41) is 12.4. The number of nitrogens with zero attached hydrogens (tertiary/aromatic N) is 3. The van der Waals surface area contributed by atoms with E-state index in [4.69, 9.17) is 4.74 Å². The summed E-state index contributed by atoms with van der Waals surface area (Å²) in [6.07, 6.45) is -0.304. The van der Waals surface area contributed by atoms with Crippen LogP contribution in [0.1, 0.15) is 22.8 Å². The Kier molecular flexibility index (Phi) is 6.12. The minimum Gasteiger partial charge on any atom is -0.450 e. The van der Waals surface area contributed by atoms with Crippen LogP contribution in [-0.4, -0.2) is 49.7 Å². The molecule has 0 atom stereocenters. The highest BCUT2D eigenvalue weighted by Gasteiger charge is 2.23. The average Bonchev–Trinajstić information content (AvgIpc) is 2.74. The van der Waals surface area contributed by atoms with E-state index in [2.05, 4.69) is 16.3 Å². The summed E-state index contributed by atoms with van der Waals surface area (Å²) in [6, 6.07) is 16.4. The van der Waals surface area contributed by atoms with Crippen LogP contribution in [0.2, 0.25) is 0 Å². The van der Waals surface area contributed by atoms with Crippen molar-refractivity contribution in [3.05, 3.63) is 59.7 Å². The van der Waals surface area contributed by atoms with Gasteiger partial charge in [0, 0.05) is 37.4 Å². The molecule has 0 bridgehead atoms. The zero-order valence-electron chi connectivity index (χ0n) is 15.7. The molecule has 2 aromatic rings. The molecular formula is C21H22N4O3. The van der Waals surface area contributed by atoms with Crippen LogP contribution in [0.5, 0.6) is 0 Å². The Balaban J connectivity index is 1.68. The zero-order chi connectivity index (χ0) is 19.9. The molecule has 1 aliphatic heterocycles. The quantitative estimate of drug-likeness (QED) is 0.884. The van der Waals surface area contributed by atoms with E-state index in [1.165, 1.54) is 0 Å². The lowest BCUT2D eigenvalue weighted by atomic mass is 10.1. The molecule has 0 spiro atoms. The van der Waals surface area contributed by atoms with E-state index in [9.17, 15) is 14.9 Å². The molecule has 0 unspecified atom stereocenters. The number of ether oxygens (including phenoxy) is 1. The number of amides is 2. The van der Waals surface area contributed by atoms with Crippen molar-refractivity contribution in [2.45, 2.75) is 6.92 Å². The molecule has 7 heteroatoms. The lowest BCUT2D eigenvalue weighted by molar-refractivity contribution is 0.102. The van der Waals surface area contributed by atoms with E-state index >= 15 is 0 Å². The van der Waals surface area contributed by atoms with Crippen molar-refractivity contribution in [1.29, 1.82) is 5.26 Å². The Morgan fingerprint density at radius 2 is 1.82 bits per heavy atom. The van der Waals surface area contributed by atoms with Crippen LogP contribution in [0.25, 0.3) is 0 Å². The van der Waals surface area contributed by atoms with E-state index in [1.807, 2.05) is 12.1 Å². The fourth-order valence-electron chi connectivity index (χ4n) is 3.12. The first kappa shape index (κ1) is 19.2. The zero-order valence-corrected chi connectivity index (χ0v) is 15.7. The first-order valence-electron chi connectivity index (χ1n) is 9.19. The van der Waals surface area contributed by atoms with Gasteiger partial charge in [-0.1, -0.05) is 18.2 Å². The number of rotatable bonds is 4. The van der Waals surface area contributed by atoms with Gasteiger partial charge in [-0.15, -0.1) is 0 Å². The normalized spacial score (nSPS) is 13.6. The highest BCUT2D eigenvalue weighted by molar-refractivity contribution is 6.04. The van der Waals surface area contributed by atoms with Crippen LogP contribution in [0.15, 0.2) is 48.5 Å². The third kappa shape index (κ3) is 4.41. The van der Waals surface area contributed by atoms with Crippen LogP contribution < -0.4 is 10.2 Å². The molecule has 0 aromatic heterocycles. The third-order valence-electron chi connectivity index (χ3n) is 4.56. The van der Waals surface area contributed by atoms with Gasteiger partial charge in [0.15, 0.2) is 0 Å². The molecular weight excluding hydrogens is 356 g/mol. The van der Waals surface area contributed by atoms with Gasteiger partial charge >= 0.3 is 6.09 Å². The monoisotopic (exact) mass is 378 g/mol. The topological polar surface area (TPSA) is 85.7 Å². The molecule has 1 N–H and O–H groups in total. The largest absolute Gasteiger partial charge is 0.450 e. The second-order valence-corrected chi connectivity index (χ2v) is 6.34. The lowest BCUT2D eigenvalue weighted by Gasteiger charge is -2.35. The lowest BCUT2D eigenvalue weighted by Crippen LogP contribution is -2.49. The van der Waals surface area contributed by atoms with E-state index in [0.717, 1.165) is 5.69 Å². The number of piperazine rings is 1. The number of anilines is 2. The van der Waals surface area contributed by atoms with Crippen molar-refractivity contribution in [2.24, 2.45) is 0 Å². The Morgan fingerprint density at radius 1 is 1.11 bits per heavy atom. The maximum Gasteiger partial charge on any atom is 0.409 e. The summed E-state index contributed by atoms with van der Waals surface area (Å²) in [7, 11) is 0. The SMILES string of the molecule is CCOC(=O)N1CCN(c2ccc(NC(=O)c3ccccc3)cc2C#N)CC1. The van der Waals surface area contributed by atoms with Gasteiger partial charge in [0.25, 0.3) is 5.91 Å². The fraction of sp³-hybridized carbons (Fsp3) is 0.286. The Hall–Kier alpha value is -3.53. The van der Waals surface area contributed by atoms with Crippen LogP contribution in [0, 0.1) is 11.3 Å². The number of nitrogens with one attached hydrogen (secondary N) is 1. The summed E-state index contributed by atoms with van der Waals surface area (Å²) < 4.78 is 5.03. The molecule has 7 nitrogen and oxygen atoms in total. The van der Waals surface area contributed by atoms with Crippen LogP contribution in [0.4, 0.5) is 16.2 Å². The van der Waals surface area contributed by atoms with E-state index in [0.29, 0.717) is 49.6 Å². The van der Waals surface area contributed by atoms with Gasteiger partial charge in [0.05, 0.1) is 17.9 Å². The number of carbonyl (C=O) groups is 2. The van der Waals surface area contributed by atoms with Crippen molar-refractivity contribution in [3.63, 3.8) is 0 Å². The van der Waals surface area contributed by atoms with Crippen molar-refractivity contribution in [3.8, 4) is 6.07 Å². The number of nitriles is 1. The van der Waals surface area contributed by atoms with Gasteiger partial charge in [-0.25, -0.2) is 4.79 Å². The standard InChI is InChI=1S/C21H22N4O3/c1-2-28-21(27)25-12-10-24(11-13-25)19-9-8-18(14-17(19)15-22)23-20(26)16-6-4-3-5-7-16/h3-9,14H,2,10-13H2,1H3,(H,23,26). The molecule has 1 aliphatic rings. The summed E-state index contributed by atoms with van der Waals surface area (Å²) >= 11 is 0. The molecule has 144 valence electrons. The summed E-state index contributed by atoms with van der Waals surface area (Å²) in [5.41, 5.74) is 2.40. The predicted octanol–water partition coefficient (Wildman–Crippen LogP) is 3.09. The van der Waals surface area contributed by atoms with E-state index in [1.54, 1.807) is 48.2 Å². The molecule has 0 saturated carbocycles. The average molecular weight is 378 g/mol. The first-order valence-corrected chi connectivity index (χ1v) is 9.19. The third-order valence-corrected chi connectivity index (χ3v) is 4.56. The van der Waals surface area contributed by atoms with Gasteiger partial charge in [0.1, 0.15) is 6.07 Å². The number of hydrogen-bond acceptors (Lipinski definition) is 5. The van der Waals surface area contributed by atoms with Gasteiger partial charge in [0.2, 0.25) is 0 Å². The van der Waals surface area contributed by atoms with Crippen molar-refractivity contribution in [2.75, 3.05) is 43.0 Å². The van der Waals surface area contributed by atoms with Crippen LogP contribution in [0.3, 0.4) is 0 Å². The van der Waals surface area contributed by atoms with Crippen molar-refractivity contribution >= 4 is 23.4 Å². The highest BCUT2D eigenvalue weighted by atomic mass is 16.6. The minimum atomic E-state index is -0.304. The Morgan fingerprint density at radius 3 is 2.46 bits per heavy atom. The van der Waals surface area contributed by atoms with Gasteiger partial charge in [-0.05, 0) is 37.3 Å². The van der Waals surface area contributed by atoms with Crippen LogP contribution in [-0.2, 0) is 4.74 Å². The summed E-state index contributed by atoms with van der Waals surface area (Å²) in [4.78, 5) is 27.9. The first-order chi connectivity index (χ1) is 13.6. The Bertz CT molecular complexity index is 884. The molecule has 3 rings (SSSR count). The summed E-state index contributed by atoms with van der Waals surface area (Å²) in [6.45, 7) is 4.44. The van der Waals surface area contributed by atoms with Crippen molar-refractivity contribution in [1.82, 2.24) is 4.90 Å². The molecule has 2 amide bonds. The number of hydrogen-bond donors (Lipinski definition) is 1. The molecule has 28 heavy (non-hydrogen) atoms. The van der Waals surface area contributed by atoms with E-state index in [-0.39, 0.29) is 12.0 Å². The van der Waals surface area contributed by atoms with Crippen molar-refractivity contribution < 1.29 is 14.3 Å². The molecule has 1 fully saturated rings. The molecule has 0 radical (unpaired) electrons. The van der Waals surface area contributed by atoms with Gasteiger partial charge in [-0.3, -0.25) is 4.79 Å². The fourth-order valence-corrected chi connectivity index (χ4v) is 3.12. The second kappa shape index (κ2) is 8.91. The predicted molar refractivity (Wildman–Crippen MR) is 106 cm³/mol. The highest BCUT2D eigenvalue weighted by Crippen LogP contribution is 2.25.